The molecule has 1 atom stereocenters. The summed E-state index contributed by atoms with van der Waals surface area (Å²) in [5.41, 5.74) is 2.06. The number of H-pyrrole nitrogens is 1. The average Bonchev–Trinajstić information content (AvgIpc) is 2.95. The second-order valence-electron chi connectivity index (χ2n) is 4.63. The van der Waals surface area contributed by atoms with Crippen molar-refractivity contribution in [1.29, 1.82) is 0 Å². The number of carbonyl (C=O) groups is 1. The fourth-order valence-electron chi connectivity index (χ4n) is 1.69. The number of amides is 1. The molecule has 2 N–H and O–H groups in total. The van der Waals surface area contributed by atoms with E-state index >= 15 is 0 Å². The van der Waals surface area contributed by atoms with E-state index in [-0.39, 0.29) is 11.9 Å². The number of nitrogens with one attached hydrogen (secondary N) is 2. The maximum Gasteiger partial charge on any atom is 0.230 e. The van der Waals surface area contributed by atoms with Gasteiger partial charge in [0.1, 0.15) is 0 Å². The quantitative estimate of drug-likeness (QED) is 0.803. The van der Waals surface area contributed by atoms with E-state index in [0.717, 1.165) is 22.8 Å². The number of hydrogen-bond donors (Lipinski definition) is 2. The molecular weight excluding hydrogens is 270 g/mol. The van der Waals surface area contributed by atoms with Crippen LogP contribution in [0, 0.1) is 0 Å². The molecule has 1 amide bonds. The van der Waals surface area contributed by atoms with Gasteiger partial charge in [0.15, 0.2) is 5.16 Å². The normalized spacial score (nSPS) is 12.1. The second kappa shape index (κ2) is 7.14. The molecule has 2 aromatic rings. The van der Waals surface area contributed by atoms with Crippen molar-refractivity contribution >= 4 is 17.7 Å². The van der Waals surface area contributed by atoms with Crippen molar-refractivity contribution in [3.63, 3.8) is 0 Å². The van der Waals surface area contributed by atoms with Gasteiger partial charge < -0.3 is 10.3 Å². The Balaban J connectivity index is 1.89. The van der Waals surface area contributed by atoms with Gasteiger partial charge in [-0.05, 0) is 18.9 Å². The number of imidazole rings is 1. The lowest BCUT2D eigenvalue weighted by molar-refractivity contribution is -0.119. The molecule has 20 heavy (non-hydrogen) atoms. The van der Waals surface area contributed by atoms with Crippen LogP contribution in [0.4, 0.5) is 0 Å². The molecule has 0 saturated heterocycles. The van der Waals surface area contributed by atoms with Crippen LogP contribution in [0.1, 0.15) is 20.3 Å². The van der Waals surface area contributed by atoms with Crippen molar-refractivity contribution in [2.75, 3.05) is 5.75 Å². The third-order valence-corrected chi connectivity index (χ3v) is 3.88. The largest absolute Gasteiger partial charge is 0.353 e. The summed E-state index contributed by atoms with van der Waals surface area (Å²) in [6.45, 7) is 4.06. The summed E-state index contributed by atoms with van der Waals surface area (Å²) in [5.74, 6) is 0.425. The smallest absolute Gasteiger partial charge is 0.230 e. The van der Waals surface area contributed by atoms with Gasteiger partial charge in [0.2, 0.25) is 5.91 Å². The topological polar surface area (TPSA) is 57.8 Å². The Morgan fingerprint density at radius 2 is 2.15 bits per heavy atom. The molecule has 0 aliphatic rings. The molecule has 0 unspecified atom stereocenters. The molecule has 2 rings (SSSR count). The highest BCUT2D eigenvalue weighted by Crippen LogP contribution is 2.20. The van der Waals surface area contributed by atoms with E-state index < -0.39 is 0 Å². The van der Waals surface area contributed by atoms with Crippen molar-refractivity contribution in [3.05, 3.63) is 36.5 Å². The summed E-state index contributed by atoms with van der Waals surface area (Å²) in [5, 5.41) is 3.70. The van der Waals surface area contributed by atoms with Gasteiger partial charge in [0.05, 0.1) is 17.6 Å². The summed E-state index contributed by atoms with van der Waals surface area (Å²) in [4.78, 5) is 19.2. The fourth-order valence-corrected chi connectivity index (χ4v) is 2.35. The van der Waals surface area contributed by atoms with Crippen molar-refractivity contribution < 1.29 is 4.79 Å². The van der Waals surface area contributed by atoms with E-state index in [1.807, 2.05) is 37.3 Å². The summed E-state index contributed by atoms with van der Waals surface area (Å²) in [7, 11) is 0. The predicted octanol–water partition coefficient (Wildman–Crippen LogP) is 3.08. The van der Waals surface area contributed by atoms with Gasteiger partial charge in [0.25, 0.3) is 0 Å². The second-order valence-corrected chi connectivity index (χ2v) is 5.60. The number of rotatable bonds is 6. The summed E-state index contributed by atoms with van der Waals surface area (Å²) in [6.07, 6.45) is 2.74. The highest BCUT2D eigenvalue weighted by Gasteiger charge is 2.08. The standard InChI is InChI=1S/C15H19N3OS/c1-3-11(2)17-14(19)10-20-15-16-9-13(18-15)12-7-5-4-6-8-12/h4-9,11H,3,10H2,1-2H3,(H,16,18)(H,17,19)/t11-/m1/s1. The van der Waals surface area contributed by atoms with Gasteiger partial charge in [-0.15, -0.1) is 0 Å². The van der Waals surface area contributed by atoms with E-state index in [1.54, 1.807) is 6.20 Å². The lowest BCUT2D eigenvalue weighted by atomic mass is 10.2. The molecule has 0 fully saturated rings. The molecule has 0 aliphatic carbocycles. The number of benzene rings is 1. The molecule has 0 bridgehead atoms. The Bertz CT molecular complexity index is 553. The van der Waals surface area contributed by atoms with Crippen LogP contribution in [0.3, 0.4) is 0 Å². The highest BCUT2D eigenvalue weighted by atomic mass is 32.2. The van der Waals surface area contributed by atoms with Gasteiger partial charge in [-0.2, -0.15) is 0 Å². The van der Waals surface area contributed by atoms with Crippen LogP contribution in [0.5, 0.6) is 0 Å². The first kappa shape index (κ1) is 14.7. The van der Waals surface area contributed by atoms with Crippen molar-refractivity contribution in [2.45, 2.75) is 31.5 Å². The Labute approximate surface area is 123 Å². The van der Waals surface area contributed by atoms with Crippen LogP contribution in [0.15, 0.2) is 41.7 Å². The third-order valence-electron chi connectivity index (χ3n) is 3.00. The molecule has 4 nitrogen and oxygen atoms in total. The first-order valence-corrected chi connectivity index (χ1v) is 7.70. The van der Waals surface area contributed by atoms with Crippen molar-refractivity contribution in [2.24, 2.45) is 0 Å². The number of thioether (sulfide) groups is 1. The van der Waals surface area contributed by atoms with Crippen LogP contribution < -0.4 is 5.32 Å². The molecule has 1 aromatic heterocycles. The van der Waals surface area contributed by atoms with Crippen LogP contribution in [0.2, 0.25) is 0 Å². The zero-order valence-electron chi connectivity index (χ0n) is 11.7. The van der Waals surface area contributed by atoms with Crippen LogP contribution >= 0.6 is 11.8 Å². The average molecular weight is 289 g/mol. The third kappa shape index (κ3) is 4.13. The van der Waals surface area contributed by atoms with Crippen molar-refractivity contribution in [3.8, 4) is 11.3 Å². The lowest BCUT2D eigenvalue weighted by Crippen LogP contribution is -2.33. The summed E-state index contributed by atoms with van der Waals surface area (Å²) >= 11 is 1.42. The van der Waals surface area contributed by atoms with E-state index in [4.69, 9.17) is 0 Å². The molecule has 0 aliphatic heterocycles. The molecule has 0 radical (unpaired) electrons. The molecule has 1 heterocycles. The van der Waals surface area contributed by atoms with Gasteiger partial charge in [0, 0.05) is 6.04 Å². The number of carbonyl (C=O) groups excluding carboxylic acids is 1. The Morgan fingerprint density at radius 3 is 2.85 bits per heavy atom. The minimum atomic E-state index is 0.0435. The van der Waals surface area contributed by atoms with E-state index in [0.29, 0.717) is 5.75 Å². The number of aromatic amines is 1. The molecule has 0 saturated carbocycles. The number of aromatic nitrogens is 2. The Hall–Kier alpha value is -1.75. The predicted molar refractivity (Wildman–Crippen MR) is 82.6 cm³/mol. The van der Waals surface area contributed by atoms with Crippen molar-refractivity contribution in [1.82, 2.24) is 15.3 Å². The van der Waals surface area contributed by atoms with Gasteiger partial charge in [-0.3, -0.25) is 4.79 Å². The lowest BCUT2D eigenvalue weighted by Gasteiger charge is -2.10. The zero-order chi connectivity index (χ0) is 14.4. The van der Waals surface area contributed by atoms with E-state index in [9.17, 15) is 4.79 Å². The molecule has 1 aromatic carbocycles. The van der Waals surface area contributed by atoms with E-state index in [1.165, 1.54) is 11.8 Å². The zero-order valence-corrected chi connectivity index (χ0v) is 12.5. The van der Waals surface area contributed by atoms with Gasteiger partial charge >= 0.3 is 0 Å². The maximum absolute atomic E-state index is 11.7. The molecule has 0 spiro atoms. The van der Waals surface area contributed by atoms with E-state index in [2.05, 4.69) is 22.2 Å². The maximum atomic E-state index is 11.7. The minimum absolute atomic E-state index is 0.0435. The molecule has 5 heteroatoms. The van der Waals surface area contributed by atoms with Crippen LogP contribution in [-0.4, -0.2) is 27.7 Å². The molecular formula is C15H19N3OS. The highest BCUT2D eigenvalue weighted by molar-refractivity contribution is 7.99. The Kier molecular flexibility index (Phi) is 5.24. The number of nitrogens with zero attached hydrogens (tertiary/aromatic N) is 1. The number of hydrogen-bond acceptors (Lipinski definition) is 3. The Morgan fingerprint density at radius 1 is 1.40 bits per heavy atom. The first-order chi connectivity index (χ1) is 9.69. The fraction of sp³-hybridized carbons (Fsp3) is 0.333. The summed E-state index contributed by atoms with van der Waals surface area (Å²) < 4.78 is 0. The van der Waals surface area contributed by atoms with Crippen LogP contribution in [-0.2, 0) is 4.79 Å². The van der Waals surface area contributed by atoms with Gasteiger partial charge in [-0.25, -0.2) is 4.98 Å². The minimum Gasteiger partial charge on any atom is -0.353 e. The van der Waals surface area contributed by atoms with Gasteiger partial charge in [-0.1, -0.05) is 49.0 Å². The van der Waals surface area contributed by atoms with Crippen LogP contribution in [0.25, 0.3) is 11.3 Å². The first-order valence-electron chi connectivity index (χ1n) is 6.71. The summed E-state index contributed by atoms with van der Waals surface area (Å²) in [6, 6.07) is 10.2. The SMILES string of the molecule is CC[C@@H](C)NC(=O)CSc1ncc(-c2ccccc2)[nH]1. The monoisotopic (exact) mass is 289 g/mol. The molecule has 106 valence electrons.